The molecule has 0 aromatic rings. The van der Waals surface area contributed by atoms with E-state index in [1.54, 1.807) is 7.11 Å². The molecule has 0 saturated heterocycles. The number of nitrogens with zero attached hydrogens (tertiary/aromatic N) is 1. The van der Waals surface area contributed by atoms with Gasteiger partial charge >= 0.3 is 0 Å². The van der Waals surface area contributed by atoms with E-state index in [9.17, 15) is 0 Å². The SMILES string of the molecule is CN=C(NCCCCSC)NCC1(CCOC)CCCC1.I. The second kappa shape index (κ2) is 13.7. The van der Waals surface area contributed by atoms with Crippen molar-refractivity contribution in [2.45, 2.75) is 44.9 Å². The molecule has 0 bridgehead atoms. The molecule has 4 nitrogen and oxygen atoms in total. The molecule has 0 radical (unpaired) electrons. The second-order valence-corrected chi connectivity index (χ2v) is 6.99. The maximum atomic E-state index is 5.29. The van der Waals surface area contributed by atoms with Gasteiger partial charge in [0.1, 0.15) is 0 Å². The van der Waals surface area contributed by atoms with Gasteiger partial charge in [-0.25, -0.2) is 0 Å². The molecule has 0 spiro atoms. The van der Waals surface area contributed by atoms with E-state index in [0.29, 0.717) is 5.41 Å². The van der Waals surface area contributed by atoms with Crippen LogP contribution in [0.4, 0.5) is 0 Å². The Balaban J connectivity index is 0.00000441. The van der Waals surface area contributed by atoms with Crippen LogP contribution in [0, 0.1) is 5.41 Å². The Kier molecular flexibility index (Phi) is 13.9. The van der Waals surface area contributed by atoms with Crippen LogP contribution in [-0.4, -0.2) is 51.8 Å². The highest BCUT2D eigenvalue weighted by molar-refractivity contribution is 14.0. The number of thioether (sulfide) groups is 1. The first-order valence-corrected chi connectivity index (χ1v) is 9.58. The first kappa shape index (κ1) is 22.3. The fourth-order valence-electron chi connectivity index (χ4n) is 3.03. The maximum Gasteiger partial charge on any atom is 0.190 e. The van der Waals surface area contributed by atoms with Crippen molar-refractivity contribution in [3.8, 4) is 0 Å². The van der Waals surface area contributed by atoms with E-state index in [1.807, 2.05) is 18.8 Å². The molecular formula is C16H34IN3OS. The largest absolute Gasteiger partial charge is 0.385 e. The second-order valence-electron chi connectivity index (χ2n) is 6.00. The van der Waals surface area contributed by atoms with Gasteiger partial charge in [-0.3, -0.25) is 4.99 Å². The Labute approximate surface area is 158 Å². The van der Waals surface area contributed by atoms with E-state index in [-0.39, 0.29) is 24.0 Å². The van der Waals surface area contributed by atoms with E-state index >= 15 is 0 Å². The van der Waals surface area contributed by atoms with Gasteiger partial charge in [0.05, 0.1) is 0 Å². The molecule has 1 rings (SSSR count). The number of ether oxygens (including phenoxy) is 1. The molecule has 22 heavy (non-hydrogen) atoms. The summed E-state index contributed by atoms with van der Waals surface area (Å²) in [6.45, 7) is 2.88. The molecule has 0 atom stereocenters. The van der Waals surface area contributed by atoms with Crippen molar-refractivity contribution >= 4 is 41.7 Å². The van der Waals surface area contributed by atoms with Gasteiger partial charge in [-0.1, -0.05) is 12.8 Å². The lowest BCUT2D eigenvalue weighted by atomic mass is 9.83. The maximum absolute atomic E-state index is 5.29. The molecule has 6 heteroatoms. The third-order valence-corrected chi connectivity index (χ3v) is 5.12. The highest BCUT2D eigenvalue weighted by atomic mass is 127. The van der Waals surface area contributed by atoms with E-state index in [0.717, 1.165) is 32.1 Å². The minimum absolute atomic E-state index is 0. The van der Waals surface area contributed by atoms with Gasteiger partial charge in [0.2, 0.25) is 0 Å². The number of rotatable bonds is 10. The zero-order valence-corrected chi connectivity index (χ0v) is 17.6. The monoisotopic (exact) mass is 443 g/mol. The Bertz CT molecular complexity index is 297. The number of hydrogen-bond donors (Lipinski definition) is 2. The molecule has 0 aromatic carbocycles. The van der Waals surface area contributed by atoms with Crippen LogP contribution in [0.25, 0.3) is 0 Å². The molecule has 0 aliphatic heterocycles. The smallest absolute Gasteiger partial charge is 0.190 e. The van der Waals surface area contributed by atoms with Crippen molar-refractivity contribution in [2.75, 3.05) is 45.9 Å². The number of aliphatic imine (C=N–C) groups is 1. The predicted octanol–water partition coefficient (Wildman–Crippen LogP) is 3.51. The molecular weight excluding hydrogens is 409 g/mol. The van der Waals surface area contributed by atoms with Gasteiger partial charge in [-0.05, 0) is 49.5 Å². The molecule has 1 aliphatic rings. The molecule has 0 heterocycles. The molecule has 2 N–H and O–H groups in total. The van der Waals surface area contributed by atoms with Crippen molar-refractivity contribution in [1.29, 1.82) is 0 Å². The van der Waals surface area contributed by atoms with Crippen LogP contribution < -0.4 is 10.6 Å². The van der Waals surface area contributed by atoms with E-state index in [2.05, 4.69) is 21.9 Å². The lowest BCUT2D eigenvalue weighted by Gasteiger charge is -2.30. The predicted molar refractivity (Wildman–Crippen MR) is 110 cm³/mol. The highest BCUT2D eigenvalue weighted by Crippen LogP contribution is 2.40. The van der Waals surface area contributed by atoms with Crippen LogP contribution in [0.1, 0.15) is 44.9 Å². The van der Waals surface area contributed by atoms with Crippen molar-refractivity contribution in [2.24, 2.45) is 10.4 Å². The molecule has 1 aliphatic carbocycles. The summed E-state index contributed by atoms with van der Waals surface area (Å²) in [5.74, 6) is 2.19. The van der Waals surface area contributed by atoms with Crippen molar-refractivity contribution in [3.05, 3.63) is 0 Å². The summed E-state index contributed by atoms with van der Waals surface area (Å²) < 4.78 is 5.29. The Morgan fingerprint density at radius 3 is 2.55 bits per heavy atom. The fourth-order valence-corrected chi connectivity index (χ4v) is 3.52. The number of halogens is 1. The third kappa shape index (κ3) is 8.82. The van der Waals surface area contributed by atoms with Crippen LogP contribution >= 0.6 is 35.7 Å². The van der Waals surface area contributed by atoms with Crippen LogP contribution in [0.15, 0.2) is 4.99 Å². The number of methoxy groups -OCH3 is 1. The minimum Gasteiger partial charge on any atom is -0.385 e. The summed E-state index contributed by atoms with van der Waals surface area (Å²) >= 11 is 1.91. The molecule has 0 aromatic heterocycles. The summed E-state index contributed by atoms with van der Waals surface area (Å²) in [7, 11) is 3.65. The van der Waals surface area contributed by atoms with Gasteiger partial charge in [-0.2, -0.15) is 11.8 Å². The number of hydrogen-bond acceptors (Lipinski definition) is 3. The number of nitrogens with one attached hydrogen (secondary N) is 2. The number of unbranched alkanes of at least 4 members (excludes halogenated alkanes) is 1. The molecule has 132 valence electrons. The van der Waals surface area contributed by atoms with Gasteiger partial charge in [0, 0.05) is 33.9 Å². The van der Waals surface area contributed by atoms with Gasteiger partial charge in [0.25, 0.3) is 0 Å². The lowest BCUT2D eigenvalue weighted by molar-refractivity contribution is 0.138. The normalized spacial score (nSPS) is 17.1. The van der Waals surface area contributed by atoms with E-state index < -0.39 is 0 Å². The zero-order valence-electron chi connectivity index (χ0n) is 14.5. The first-order chi connectivity index (χ1) is 10.3. The summed E-state index contributed by atoms with van der Waals surface area (Å²) in [4.78, 5) is 4.34. The van der Waals surface area contributed by atoms with Crippen molar-refractivity contribution in [3.63, 3.8) is 0 Å². The van der Waals surface area contributed by atoms with Gasteiger partial charge in [-0.15, -0.1) is 24.0 Å². The summed E-state index contributed by atoms with van der Waals surface area (Å²) in [6.07, 6.45) is 11.1. The topological polar surface area (TPSA) is 45.7 Å². The summed E-state index contributed by atoms with van der Waals surface area (Å²) in [5.41, 5.74) is 0.409. The average Bonchev–Trinajstić information content (AvgIpc) is 2.97. The van der Waals surface area contributed by atoms with Gasteiger partial charge < -0.3 is 15.4 Å². The van der Waals surface area contributed by atoms with Crippen LogP contribution in [0.5, 0.6) is 0 Å². The van der Waals surface area contributed by atoms with Crippen LogP contribution in [0.2, 0.25) is 0 Å². The van der Waals surface area contributed by atoms with Gasteiger partial charge in [0.15, 0.2) is 5.96 Å². The van der Waals surface area contributed by atoms with Crippen LogP contribution in [-0.2, 0) is 4.74 Å². The fraction of sp³-hybridized carbons (Fsp3) is 0.938. The van der Waals surface area contributed by atoms with E-state index in [4.69, 9.17) is 4.74 Å². The minimum atomic E-state index is 0. The first-order valence-electron chi connectivity index (χ1n) is 8.19. The summed E-state index contributed by atoms with van der Waals surface area (Å²) in [5, 5.41) is 6.95. The van der Waals surface area contributed by atoms with Crippen molar-refractivity contribution in [1.82, 2.24) is 10.6 Å². The standard InChI is InChI=1S/C16H33N3OS.HI/c1-17-15(18-11-6-7-13-21-3)19-14-16(10-12-20-2)8-4-5-9-16;/h4-14H2,1-3H3,(H2,17,18,19);1H. The zero-order chi connectivity index (χ0) is 15.4. The molecule has 0 amide bonds. The molecule has 1 fully saturated rings. The van der Waals surface area contributed by atoms with Crippen LogP contribution in [0.3, 0.4) is 0 Å². The molecule has 1 saturated carbocycles. The average molecular weight is 443 g/mol. The third-order valence-electron chi connectivity index (χ3n) is 4.42. The summed E-state index contributed by atoms with van der Waals surface area (Å²) in [6, 6.07) is 0. The Morgan fingerprint density at radius 1 is 1.23 bits per heavy atom. The highest BCUT2D eigenvalue weighted by Gasteiger charge is 2.33. The quantitative estimate of drug-likeness (QED) is 0.235. The Morgan fingerprint density at radius 2 is 1.95 bits per heavy atom. The van der Waals surface area contributed by atoms with Crippen molar-refractivity contribution < 1.29 is 4.74 Å². The van der Waals surface area contributed by atoms with E-state index in [1.165, 1.54) is 44.3 Å². The lowest BCUT2D eigenvalue weighted by Crippen LogP contribution is -2.43. The molecule has 0 unspecified atom stereocenters. The Hall–Kier alpha value is 0.310. The number of guanidine groups is 1.